The lowest BCUT2D eigenvalue weighted by Crippen LogP contribution is -2.21. The van der Waals surface area contributed by atoms with Crippen molar-refractivity contribution in [3.8, 4) is 0 Å². The maximum Gasteiger partial charge on any atom is 0.147 e. The van der Waals surface area contributed by atoms with Crippen molar-refractivity contribution in [3.05, 3.63) is 71.3 Å². The number of fused-ring (bicyclic) bond motifs is 1. The van der Waals surface area contributed by atoms with Crippen LogP contribution in [0.15, 0.2) is 65.8 Å². The second kappa shape index (κ2) is 11.9. The van der Waals surface area contributed by atoms with Gasteiger partial charge in [0.15, 0.2) is 0 Å². The highest BCUT2D eigenvalue weighted by atomic mass is 16.7. The van der Waals surface area contributed by atoms with Gasteiger partial charge in [-0.05, 0) is 70.4 Å². The molecule has 3 rings (SSSR count). The molecule has 0 radical (unpaired) electrons. The molecular weight excluding hydrogens is 400 g/mol. The second-order valence-corrected chi connectivity index (χ2v) is 9.65. The normalized spacial score (nSPS) is 32.6. The number of ether oxygens (including phenoxy) is 3. The molecule has 1 N–H and O–H groups in total. The molecule has 0 spiro atoms. The minimum Gasteiger partial charge on any atom is -0.388 e. The predicted molar refractivity (Wildman–Crippen MR) is 129 cm³/mol. The van der Waals surface area contributed by atoms with Crippen LogP contribution >= 0.6 is 0 Å². The average Bonchev–Trinajstić information content (AvgIpc) is 3.41. The van der Waals surface area contributed by atoms with Gasteiger partial charge in [-0.1, -0.05) is 60.2 Å². The molecule has 0 unspecified atom stereocenters. The van der Waals surface area contributed by atoms with Gasteiger partial charge in [-0.25, -0.2) is 0 Å². The number of epoxide rings is 1. The number of aliphatic hydroxyl groups excluding tert-OH is 1. The fraction of sp³-hybridized carbons (Fsp3) is 0.571. The van der Waals surface area contributed by atoms with Gasteiger partial charge in [0.05, 0.1) is 31.0 Å². The van der Waals surface area contributed by atoms with Gasteiger partial charge >= 0.3 is 0 Å². The number of hydrogen-bond acceptors (Lipinski definition) is 4. The van der Waals surface area contributed by atoms with Crippen LogP contribution in [0.1, 0.15) is 64.9 Å². The van der Waals surface area contributed by atoms with Crippen molar-refractivity contribution in [1.29, 1.82) is 0 Å². The van der Waals surface area contributed by atoms with Crippen LogP contribution < -0.4 is 0 Å². The van der Waals surface area contributed by atoms with Crippen molar-refractivity contribution in [2.75, 3.05) is 13.4 Å². The van der Waals surface area contributed by atoms with Crippen molar-refractivity contribution in [2.45, 2.75) is 83.7 Å². The Balaban J connectivity index is 1.60. The fourth-order valence-electron chi connectivity index (χ4n) is 4.52. The van der Waals surface area contributed by atoms with E-state index >= 15 is 0 Å². The van der Waals surface area contributed by atoms with Crippen LogP contribution in [0.25, 0.3) is 0 Å². The molecule has 1 aromatic carbocycles. The number of hydrogen-bond donors (Lipinski definition) is 1. The molecule has 0 amide bonds. The minimum absolute atomic E-state index is 0.00941. The largest absolute Gasteiger partial charge is 0.388 e. The monoisotopic (exact) mass is 440 g/mol. The lowest BCUT2D eigenvalue weighted by molar-refractivity contribution is -0.0547. The van der Waals surface area contributed by atoms with E-state index in [1.807, 2.05) is 43.3 Å². The molecule has 1 aromatic rings. The van der Waals surface area contributed by atoms with Crippen molar-refractivity contribution < 1.29 is 19.3 Å². The molecule has 4 atom stereocenters. The van der Waals surface area contributed by atoms with Crippen molar-refractivity contribution in [3.63, 3.8) is 0 Å². The van der Waals surface area contributed by atoms with Crippen LogP contribution in [-0.4, -0.2) is 36.3 Å². The summed E-state index contributed by atoms with van der Waals surface area (Å²) in [5, 5.41) is 11.0. The van der Waals surface area contributed by atoms with Crippen molar-refractivity contribution in [2.24, 2.45) is 5.92 Å². The first-order chi connectivity index (χ1) is 15.4. The van der Waals surface area contributed by atoms with Gasteiger partial charge in [-0.3, -0.25) is 0 Å². The third kappa shape index (κ3) is 7.70. The van der Waals surface area contributed by atoms with E-state index in [2.05, 4.69) is 26.5 Å². The van der Waals surface area contributed by atoms with Gasteiger partial charge in [0.25, 0.3) is 0 Å². The molecule has 0 aromatic heterocycles. The minimum atomic E-state index is -0.557. The van der Waals surface area contributed by atoms with E-state index in [9.17, 15) is 5.11 Å². The predicted octanol–water partition coefficient (Wildman–Crippen LogP) is 6.11. The smallest absolute Gasteiger partial charge is 0.147 e. The number of aliphatic hydroxyl groups is 1. The number of rotatable bonds is 7. The van der Waals surface area contributed by atoms with E-state index in [0.717, 1.165) is 55.2 Å². The lowest BCUT2D eigenvalue weighted by atomic mass is 9.87. The second-order valence-electron chi connectivity index (χ2n) is 9.65. The van der Waals surface area contributed by atoms with Crippen LogP contribution in [0, 0.1) is 5.92 Å². The van der Waals surface area contributed by atoms with Gasteiger partial charge in [0, 0.05) is 5.92 Å². The van der Waals surface area contributed by atoms with Crippen LogP contribution in [-0.2, 0) is 20.8 Å². The summed E-state index contributed by atoms with van der Waals surface area (Å²) >= 11 is 0. The number of allylic oxidation sites excluding steroid dienone is 2. The van der Waals surface area contributed by atoms with E-state index in [4.69, 9.17) is 14.2 Å². The maximum atomic E-state index is 11.0. The van der Waals surface area contributed by atoms with E-state index < -0.39 is 6.10 Å². The first-order valence-electron chi connectivity index (χ1n) is 11.9. The first-order valence-corrected chi connectivity index (χ1v) is 11.9. The Morgan fingerprint density at radius 1 is 1.16 bits per heavy atom. The van der Waals surface area contributed by atoms with E-state index in [-0.39, 0.29) is 24.4 Å². The average molecular weight is 441 g/mol. The molecule has 1 fully saturated rings. The molecule has 0 saturated carbocycles. The summed E-state index contributed by atoms with van der Waals surface area (Å²) in [6, 6.07) is 10.1. The highest BCUT2D eigenvalue weighted by Crippen LogP contribution is 2.43. The van der Waals surface area contributed by atoms with Crippen LogP contribution in [0.3, 0.4) is 0 Å². The Morgan fingerprint density at radius 3 is 2.66 bits per heavy atom. The van der Waals surface area contributed by atoms with E-state index in [1.54, 1.807) is 0 Å². The third-order valence-corrected chi connectivity index (χ3v) is 6.76. The summed E-state index contributed by atoms with van der Waals surface area (Å²) in [5.41, 5.74) is 4.63. The van der Waals surface area contributed by atoms with Crippen molar-refractivity contribution >= 4 is 0 Å². The fourth-order valence-corrected chi connectivity index (χ4v) is 4.52. The van der Waals surface area contributed by atoms with Crippen molar-refractivity contribution in [1.82, 2.24) is 0 Å². The summed E-state index contributed by atoms with van der Waals surface area (Å²) in [6.45, 7) is 11.8. The Hall–Kier alpha value is -1.72. The highest BCUT2D eigenvalue weighted by Gasteiger charge is 2.50. The van der Waals surface area contributed by atoms with E-state index in [1.165, 1.54) is 5.57 Å². The molecule has 1 heterocycles. The third-order valence-electron chi connectivity index (χ3n) is 6.76. The highest BCUT2D eigenvalue weighted by molar-refractivity contribution is 5.15. The van der Waals surface area contributed by atoms with Crippen LogP contribution in [0.2, 0.25) is 0 Å². The van der Waals surface area contributed by atoms with Gasteiger partial charge in [0.1, 0.15) is 6.79 Å². The summed E-state index contributed by atoms with van der Waals surface area (Å²) < 4.78 is 17.5. The zero-order valence-electron chi connectivity index (χ0n) is 20.0. The molecule has 32 heavy (non-hydrogen) atoms. The molecule has 1 saturated heterocycles. The molecule has 4 heteroatoms. The molecule has 0 bridgehead atoms. The van der Waals surface area contributed by atoms with Crippen LogP contribution in [0.5, 0.6) is 0 Å². The quantitative estimate of drug-likeness (QED) is 0.240. The zero-order valence-corrected chi connectivity index (χ0v) is 20.0. The standard InChI is InChI=1S/C28H40O4/c1-21(2)25-14-12-22(3)9-8-16-28(4)27(32-28)15-13-24(17-26(25)29)19-31-20-30-18-23-10-6-5-7-11-23/h5-7,9-11,17,25-27,29H,1,8,12-16,18-20H2,2-4H3/b22-9+,24-17+/t25-,26+,27-,28-/m1/s1. The van der Waals surface area contributed by atoms with Crippen LogP contribution in [0.4, 0.5) is 0 Å². The van der Waals surface area contributed by atoms with E-state index in [0.29, 0.717) is 13.2 Å². The Bertz CT molecular complexity index is 797. The molecule has 1 aliphatic carbocycles. The number of benzene rings is 1. The van der Waals surface area contributed by atoms with Gasteiger partial charge < -0.3 is 19.3 Å². The molecule has 176 valence electrons. The summed E-state index contributed by atoms with van der Waals surface area (Å²) in [4.78, 5) is 0. The Kier molecular flexibility index (Phi) is 9.30. The maximum absolute atomic E-state index is 11.0. The molecule has 1 aliphatic heterocycles. The molecule has 2 aliphatic rings. The van der Waals surface area contributed by atoms with Gasteiger partial charge in [0.2, 0.25) is 0 Å². The topological polar surface area (TPSA) is 51.2 Å². The molecule has 4 nitrogen and oxygen atoms in total. The molecular formula is C28H40O4. The SMILES string of the molecule is C=C(C)[C@H]1CC/C(C)=C/CC[C@@]2(C)O[C@@H]2CC/C(COCOCc2ccccc2)=C\[C@@H]1O. The zero-order chi connectivity index (χ0) is 23.0. The summed E-state index contributed by atoms with van der Waals surface area (Å²) in [5.74, 6) is 0.0491. The van der Waals surface area contributed by atoms with Gasteiger partial charge in [-0.15, -0.1) is 0 Å². The lowest BCUT2D eigenvalue weighted by Gasteiger charge is -2.23. The summed E-state index contributed by atoms with van der Waals surface area (Å²) in [6.07, 6.45) is 9.84. The first kappa shape index (κ1) is 24.9. The summed E-state index contributed by atoms with van der Waals surface area (Å²) in [7, 11) is 0. The van der Waals surface area contributed by atoms with Gasteiger partial charge in [-0.2, -0.15) is 0 Å². The Labute approximate surface area is 194 Å². The Morgan fingerprint density at radius 2 is 1.91 bits per heavy atom.